The van der Waals surface area contributed by atoms with Gasteiger partial charge in [-0.25, -0.2) is 0 Å². The molecule has 1 aliphatic carbocycles. The van der Waals surface area contributed by atoms with Crippen molar-refractivity contribution in [3.05, 3.63) is 83.5 Å². The van der Waals surface area contributed by atoms with Gasteiger partial charge < -0.3 is 14.7 Å². The highest BCUT2D eigenvalue weighted by Gasteiger charge is 2.28. The third-order valence-corrected chi connectivity index (χ3v) is 7.36. The van der Waals surface area contributed by atoms with E-state index in [4.69, 9.17) is 4.52 Å². The molecule has 1 saturated heterocycles. The zero-order valence-electron chi connectivity index (χ0n) is 19.7. The van der Waals surface area contributed by atoms with E-state index < -0.39 is 0 Å². The monoisotopic (exact) mass is 458 g/mol. The zero-order chi connectivity index (χ0) is 23.2. The molecule has 2 fully saturated rings. The number of benzene rings is 2. The van der Waals surface area contributed by atoms with Crippen LogP contribution in [-0.2, 0) is 11.2 Å². The summed E-state index contributed by atoms with van der Waals surface area (Å²) in [6.07, 6.45) is 6.92. The number of nitrogens with zero attached hydrogens (tertiary/aromatic N) is 3. The molecule has 0 bridgehead atoms. The van der Waals surface area contributed by atoms with Crippen molar-refractivity contribution >= 4 is 5.91 Å². The van der Waals surface area contributed by atoms with Crippen LogP contribution < -0.4 is 5.32 Å². The maximum atomic E-state index is 12.6. The fourth-order valence-corrected chi connectivity index (χ4v) is 4.97. The van der Waals surface area contributed by atoms with Crippen molar-refractivity contribution in [1.82, 2.24) is 20.4 Å². The van der Waals surface area contributed by atoms with Crippen molar-refractivity contribution in [2.75, 3.05) is 19.6 Å². The van der Waals surface area contributed by atoms with Crippen LogP contribution in [0, 0.1) is 5.92 Å². The van der Waals surface area contributed by atoms with Crippen LogP contribution in [0.2, 0.25) is 0 Å². The lowest BCUT2D eigenvalue weighted by Crippen LogP contribution is -2.39. The van der Waals surface area contributed by atoms with Gasteiger partial charge in [0.05, 0.1) is 12.5 Å². The van der Waals surface area contributed by atoms with E-state index in [0.29, 0.717) is 18.2 Å². The Morgan fingerprint density at radius 2 is 1.71 bits per heavy atom. The van der Waals surface area contributed by atoms with Gasteiger partial charge in [-0.3, -0.25) is 4.79 Å². The highest BCUT2D eigenvalue weighted by atomic mass is 16.5. The molecule has 2 heterocycles. The fourth-order valence-electron chi connectivity index (χ4n) is 4.97. The Labute approximate surface area is 201 Å². The molecule has 2 aromatic carbocycles. The highest BCUT2D eigenvalue weighted by Crippen LogP contribution is 2.29. The summed E-state index contributed by atoms with van der Waals surface area (Å²) < 4.78 is 5.53. The Morgan fingerprint density at radius 1 is 1.00 bits per heavy atom. The van der Waals surface area contributed by atoms with E-state index in [1.165, 1.54) is 17.5 Å². The quantitative estimate of drug-likeness (QED) is 0.494. The third kappa shape index (κ3) is 5.73. The Bertz CT molecular complexity index is 1040. The minimum atomic E-state index is 0.0739. The van der Waals surface area contributed by atoms with Crippen LogP contribution in [0.4, 0.5) is 0 Å². The molecule has 34 heavy (non-hydrogen) atoms. The predicted molar refractivity (Wildman–Crippen MR) is 131 cm³/mol. The van der Waals surface area contributed by atoms with Crippen LogP contribution >= 0.6 is 0 Å². The van der Waals surface area contributed by atoms with Crippen molar-refractivity contribution in [3.63, 3.8) is 0 Å². The smallest absolute Gasteiger partial charge is 0.231 e. The van der Waals surface area contributed by atoms with E-state index >= 15 is 0 Å². The second-order valence-corrected chi connectivity index (χ2v) is 9.71. The standard InChI is InChI=1S/C28H34N4O2/c33-28(24-12-7-13-24)29-25(22-10-5-2-6-11-22)16-19-32-17-14-23(15-18-32)27-30-26(34-31-27)20-21-8-3-1-4-9-21/h1-6,8-11,23-25H,7,12-20H2,(H,29,33)/t25-/m0/s1. The summed E-state index contributed by atoms with van der Waals surface area (Å²) in [5, 5.41) is 7.62. The summed E-state index contributed by atoms with van der Waals surface area (Å²) in [6, 6.07) is 20.7. The first-order chi connectivity index (χ1) is 16.7. The van der Waals surface area contributed by atoms with Gasteiger partial charge in [0.25, 0.3) is 0 Å². The van der Waals surface area contributed by atoms with Gasteiger partial charge in [0.1, 0.15) is 0 Å². The van der Waals surface area contributed by atoms with Gasteiger partial charge in [0.15, 0.2) is 5.82 Å². The van der Waals surface area contributed by atoms with Crippen LogP contribution in [0.15, 0.2) is 65.2 Å². The van der Waals surface area contributed by atoms with Crippen LogP contribution in [0.3, 0.4) is 0 Å². The molecule has 1 atom stereocenters. The number of hydrogen-bond donors (Lipinski definition) is 1. The normalized spacial score (nSPS) is 18.4. The first-order valence-electron chi connectivity index (χ1n) is 12.7. The van der Waals surface area contributed by atoms with Crippen LogP contribution in [0.25, 0.3) is 0 Å². The van der Waals surface area contributed by atoms with E-state index in [2.05, 4.69) is 56.8 Å². The Morgan fingerprint density at radius 3 is 2.38 bits per heavy atom. The molecule has 1 aliphatic heterocycles. The number of carbonyl (C=O) groups excluding carboxylic acids is 1. The van der Waals surface area contributed by atoms with Gasteiger partial charge in [-0.15, -0.1) is 0 Å². The molecule has 1 saturated carbocycles. The molecule has 0 radical (unpaired) electrons. The molecule has 3 aromatic rings. The van der Waals surface area contributed by atoms with Gasteiger partial charge in [-0.2, -0.15) is 4.98 Å². The maximum absolute atomic E-state index is 12.6. The van der Waals surface area contributed by atoms with Gasteiger partial charge >= 0.3 is 0 Å². The van der Waals surface area contributed by atoms with Gasteiger partial charge in [0, 0.05) is 18.4 Å². The summed E-state index contributed by atoms with van der Waals surface area (Å²) >= 11 is 0. The summed E-state index contributed by atoms with van der Waals surface area (Å²) in [4.78, 5) is 19.8. The summed E-state index contributed by atoms with van der Waals surface area (Å²) in [6.45, 7) is 3.01. The van der Waals surface area contributed by atoms with Crippen molar-refractivity contribution in [1.29, 1.82) is 0 Å². The van der Waals surface area contributed by atoms with E-state index in [-0.39, 0.29) is 17.9 Å². The van der Waals surface area contributed by atoms with Crippen LogP contribution in [-0.4, -0.2) is 40.6 Å². The molecule has 2 aliphatic rings. The number of amides is 1. The van der Waals surface area contributed by atoms with Gasteiger partial charge in [-0.1, -0.05) is 72.2 Å². The molecule has 0 unspecified atom stereocenters. The molecular formula is C28H34N4O2. The molecule has 178 valence electrons. The molecule has 1 aromatic heterocycles. The lowest BCUT2D eigenvalue weighted by molar-refractivity contribution is -0.128. The SMILES string of the molecule is O=C(N[C@@H](CCN1CCC(c2noc(Cc3ccccc3)n2)CC1)c1ccccc1)C1CCC1. The fraction of sp³-hybridized carbons (Fsp3) is 0.464. The average molecular weight is 459 g/mol. The second-order valence-electron chi connectivity index (χ2n) is 9.71. The highest BCUT2D eigenvalue weighted by molar-refractivity contribution is 5.79. The van der Waals surface area contributed by atoms with E-state index in [1.807, 2.05) is 24.3 Å². The van der Waals surface area contributed by atoms with Crippen molar-refractivity contribution in [2.24, 2.45) is 5.92 Å². The van der Waals surface area contributed by atoms with Crippen molar-refractivity contribution < 1.29 is 9.32 Å². The third-order valence-electron chi connectivity index (χ3n) is 7.36. The molecule has 6 nitrogen and oxygen atoms in total. The minimum absolute atomic E-state index is 0.0739. The molecule has 1 amide bonds. The molecule has 6 heteroatoms. The molecular weight excluding hydrogens is 424 g/mol. The topological polar surface area (TPSA) is 71.3 Å². The van der Waals surface area contributed by atoms with Crippen LogP contribution in [0.5, 0.6) is 0 Å². The Kier molecular flexibility index (Phi) is 7.34. The number of nitrogens with one attached hydrogen (secondary N) is 1. The maximum Gasteiger partial charge on any atom is 0.231 e. The largest absolute Gasteiger partial charge is 0.349 e. The molecule has 0 spiro atoms. The number of piperidine rings is 1. The number of aromatic nitrogens is 2. The Balaban J connectivity index is 1.12. The van der Waals surface area contributed by atoms with E-state index in [0.717, 1.165) is 57.6 Å². The summed E-state index contributed by atoms with van der Waals surface area (Å²) in [5.41, 5.74) is 2.38. The summed E-state index contributed by atoms with van der Waals surface area (Å²) in [7, 11) is 0. The van der Waals surface area contributed by atoms with E-state index in [1.54, 1.807) is 0 Å². The van der Waals surface area contributed by atoms with Crippen LogP contribution in [0.1, 0.15) is 73.3 Å². The van der Waals surface area contributed by atoms with E-state index in [9.17, 15) is 4.79 Å². The Hall–Kier alpha value is -2.99. The lowest BCUT2D eigenvalue weighted by atomic mass is 9.84. The lowest BCUT2D eigenvalue weighted by Gasteiger charge is -2.32. The number of carbonyl (C=O) groups is 1. The first kappa shape index (κ1) is 22.8. The summed E-state index contributed by atoms with van der Waals surface area (Å²) in [5.74, 6) is 2.33. The number of rotatable bonds is 9. The van der Waals surface area contributed by atoms with Gasteiger partial charge in [-0.05, 0) is 56.3 Å². The first-order valence-corrected chi connectivity index (χ1v) is 12.7. The van der Waals surface area contributed by atoms with Crippen molar-refractivity contribution in [3.8, 4) is 0 Å². The second kappa shape index (κ2) is 11.0. The predicted octanol–water partition coefficient (Wildman–Crippen LogP) is 4.89. The molecule has 1 N–H and O–H groups in total. The van der Waals surface area contributed by atoms with Gasteiger partial charge in [0.2, 0.25) is 11.8 Å². The number of likely N-dealkylation sites (tertiary alicyclic amines) is 1. The number of hydrogen-bond acceptors (Lipinski definition) is 5. The zero-order valence-corrected chi connectivity index (χ0v) is 19.7. The molecule has 5 rings (SSSR count). The van der Waals surface area contributed by atoms with Crippen molar-refractivity contribution in [2.45, 2.75) is 56.9 Å². The minimum Gasteiger partial charge on any atom is -0.349 e. The average Bonchev–Trinajstić information content (AvgIpc) is 3.30.